The summed E-state index contributed by atoms with van der Waals surface area (Å²) in [5.41, 5.74) is 9.45. The Morgan fingerprint density at radius 3 is 1.70 bits per heavy atom. The Labute approximate surface area is 267 Å². The molecule has 2 aromatic heterocycles. The molecule has 0 saturated heterocycles. The molecule has 0 unspecified atom stereocenters. The van der Waals surface area contributed by atoms with Crippen LogP contribution in [-0.2, 0) is 0 Å². The summed E-state index contributed by atoms with van der Waals surface area (Å²) in [4.78, 5) is 0. The van der Waals surface area contributed by atoms with Gasteiger partial charge in [0.05, 0.1) is 23.4 Å². The van der Waals surface area contributed by atoms with Gasteiger partial charge in [-0.15, -0.1) is 0 Å². The van der Waals surface area contributed by atoms with E-state index in [2.05, 4.69) is 161 Å². The van der Waals surface area contributed by atoms with E-state index in [-0.39, 0.29) is 0 Å². The van der Waals surface area contributed by atoms with Gasteiger partial charge in [-0.05, 0) is 81.2 Å². The van der Waals surface area contributed by atoms with Gasteiger partial charge in [-0.25, -0.2) is 0 Å². The van der Waals surface area contributed by atoms with Crippen LogP contribution in [0.3, 0.4) is 0 Å². The number of para-hydroxylation sites is 2. The van der Waals surface area contributed by atoms with Gasteiger partial charge < -0.3 is 9.13 Å². The molecule has 0 radical (unpaired) electrons. The lowest BCUT2D eigenvalue weighted by molar-refractivity contribution is 1.17. The van der Waals surface area contributed by atoms with Crippen molar-refractivity contribution >= 4 is 65.2 Å². The number of benzene rings is 8. The second kappa shape index (κ2) is 9.69. The monoisotopic (exact) mass is 585 g/mol. The molecule has 0 aliphatic heterocycles. The second-order valence-electron chi connectivity index (χ2n) is 12.1. The smallest absolute Gasteiger partial charge is 0.0623 e. The van der Waals surface area contributed by atoms with Crippen LogP contribution in [0.1, 0.15) is 1.37 Å². The minimum Gasteiger partial charge on any atom is -0.309 e. The number of aromatic nitrogens is 2. The predicted octanol–water partition coefficient (Wildman–Crippen LogP) is 11.9. The maximum atomic E-state index is 8.07. The number of hydrogen-bond donors (Lipinski definition) is 0. The third-order valence-electron chi connectivity index (χ3n) is 9.60. The largest absolute Gasteiger partial charge is 0.309 e. The molecule has 0 spiro atoms. The van der Waals surface area contributed by atoms with Crippen molar-refractivity contribution in [2.75, 3.05) is 0 Å². The normalized spacial score (nSPS) is 12.2. The van der Waals surface area contributed by atoms with Crippen molar-refractivity contribution in [3.05, 3.63) is 170 Å². The van der Waals surface area contributed by atoms with Crippen LogP contribution in [0.2, 0.25) is 0 Å². The predicted molar refractivity (Wildman–Crippen MR) is 196 cm³/mol. The number of hydrogen-bond acceptors (Lipinski definition) is 0. The van der Waals surface area contributed by atoms with Crippen LogP contribution in [0.15, 0.2) is 170 Å². The highest BCUT2D eigenvalue weighted by molar-refractivity contribution is 6.19. The van der Waals surface area contributed by atoms with E-state index in [1.807, 2.05) is 12.1 Å². The molecular weight excluding hydrogens is 556 g/mol. The van der Waals surface area contributed by atoms with Gasteiger partial charge in [0.1, 0.15) is 0 Å². The summed E-state index contributed by atoms with van der Waals surface area (Å²) in [7, 11) is 0. The Bertz CT molecular complexity index is 2860. The molecule has 10 aromatic rings. The maximum Gasteiger partial charge on any atom is 0.0623 e. The lowest BCUT2D eigenvalue weighted by atomic mass is 10.0. The van der Waals surface area contributed by atoms with E-state index in [0.29, 0.717) is 6.04 Å². The molecule has 0 amide bonds. The first-order valence-corrected chi connectivity index (χ1v) is 15.8. The van der Waals surface area contributed by atoms with E-state index in [0.717, 1.165) is 16.8 Å². The molecule has 0 N–H and O–H groups in total. The van der Waals surface area contributed by atoms with E-state index >= 15 is 0 Å². The molecule has 10 rings (SSSR count). The Hall–Kier alpha value is -6.12. The van der Waals surface area contributed by atoms with E-state index < -0.39 is 0 Å². The highest BCUT2D eigenvalue weighted by Crippen LogP contribution is 2.40. The van der Waals surface area contributed by atoms with Crippen LogP contribution in [0, 0.1) is 0 Å². The zero-order valence-corrected chi connectivity index (χ0v) is 25.0. The summed E-state index contributed by atoms with van der Waals surface area (Å²) >= 11 is 0. The fraction of sp³-hybridized carbons (Fsp3) is 0. The van der Waals surface area contributed by atoms with E-state index in [1.54, 1.807) is 0 Å². The fourth-order valence-electron chi connectivity index (χ4n) is 7.52. The molecule has 0 bridgehead atoms. The van der Waals surface area contributed by atoms with Gasteiger partial charge in [-0.2, -0.15) is 0 Å². The van der Waals surface area contributed by atoms with Gasteiger partial charge in [0, 0.05) is 32.9 Å². The molecule has 2 heteroatoms. The summed E-state index contributed by atoms with van der Waals surface area (Å²) in [6.07, 6.45) is 0. The summed E-state index contributed by atoms with van der Waals surface area (Å²) in [5.74, 6) is 0. The topological polar surface area (TPSA) is 9.86 Å². The quantitative estimate of drug-likeness (QED) is 0.183. The third kappa shape index (κ3) is 3.65. The first-order chi connectivity index (χ1) is 23.2. The summed E-state index contributed by atoms with van der Waals surface area (Å²) in [6, 6.07) is 59.3. The SMILES string of the molecule is [2H]c1ccc2c(ccc3cc(-n4c5ccccc5c5cc6c7ccccc7n(-c7cccc(-c8ccccc8)c7)c6cc54)ccc32)c1. The van der Waals surface area contributed by atoms with Crippen LogP contribution in [0.25, 0.3) is 87.7 Å². The van der Waals surface area contributed by atoms with Crippen molar-refractivity contribution in [1.82, 2.24) is 9.13 Å². The van der Waals surface area contributed by atoms with Gasteiger partial charge in [0.2, 0.25) is 0 Å². The van der Waals surface area contributed by atoms with Crippen molar-refractivity contribution in [1.29, 1.82) is 0 Å². The lowest BCUT2D eigenvalue weighted by Gasteiger charge is -2.12. The van der Waals surface area contributed by atoms with Crippen LogP contribution >= 0.6 is 0 Å². The fourth-order valence-corrected chi connectivity index (χ4v) is 7.52. The molecule has 8 aromatic carbocycles. The van der Waals surface area contributed by atoms with Crippen molar-refractivity contribution in [3.63, 3.8) is 0 Å². The van der Waals surface area contributed by atoms with Crippen LogP contribution in [0.4, 0.5) is 0 Å². The van der Waals surface area contributed by atoms with Crippen molar-refractivity contribution < 1.29 is 1.37 Å². The number of fused-ring (bicyclic) bond motifs is 9. The van der Waals surface area contributed by atoms with E-state index in [4.69, 9.17) is 1.37 Å². The van der Waals surface area contributed by atoms with Gasteiger partial charge in [-0.3, -0.25) is 0 Å². The molecule has 0 aliphatic carbocycles. The Balaban J connectivity index is 1.27. The van der Waals surface area contributed by atoms with E-state index in [9.17, 15) is 0 Å². The van der Waals surface area contributed by atoms with E-state index in [1.165, 1.54) is 70.9 Å². The molecule has 0 aliphatic rings. The minimum absolute atomic E-state index is 0.536. The summed E-state index contributed by atoms with van der Waals surface area (Å²) in [6.45, 7) is 0. The van der Waals surface area contributed by atoms with Crippen molar-refractivity contribution in [3.8, 4) is 22.5 Å². The first kappa shape index (κ1) is 24.2. The van der Waals surface area contributed by atoms with Crippen LogP contribution < -0.4 is 0 Å². The van der Waals surface area contributed by atoms with Crippen LogP contribution in [0.5, 0.6) is 0 Å². The van der Waals surface area contributed by atoms with Crippen molar-refractivity contribution in [2.45, 2.75) is 0 Å². The first-order valence-electron chi connectivity index (χ1n) is 16.3. The highest BCUT2D eigenvalue weighted by Gasteiger charge is 2.19. The van der Waals surface area contributed by atoms with Gasteiger partial charge in [-0.1, -0.05) is 121 Å². The Morgan fingerprint density at radius 2 is 0.935 bits per heavy atom. The lowest BCUT2D eigenvalue weighted by Crippen LogP contribution is -1.96. The van der Waals surface area contributed by atoms with Gasteiger partial charge in [0.25, 0.3) is 0 Å². The summed E-state index contributed by atoms with van der Waals surface area (Å²) < 4.78 is 12.9. The second-order valence-corrected chi connectivity index (χ2v) is 12.1. The van der Waals surface area contributed by atoms with Gasteiger partial charge in [0.15, 0.2) is 0 Å². The maximum absolute atomic E-state index is 8.07. The van der Waals surface area contributed by atoms with Crippen molar-refractivity contribution in [2.24, 2.45) is 0 Å². The molecule has 0 fully saturated rings. The zero-order chi connectivity index (χ0) is 31.1. The molecule has 0 atom stereocenters. The standard InChI is InChI=1S/C44H28N2/c1-2-11-29(12-3-1)31-14-10-15-33(25-31)45-41-19-8-6-17-37(41)39-27-40-38-18-7-9-20-42(38)46(44(40)28-43(39)45)34-23-24-36-32(26-34)22-21-30-13-4-5-16-35(30)36/h1-28H/i4D. The Morgan fingerprint density at radius 1 is 0.326 bits per heavy atom. The number of nitrogens with zero attached hydrogens (tertiary/aromatic N) is 2. The van der Waals surface area contributed by atoms with Crippen LogP contribution in [-0.4, -0.2) is 9.13 Å². The molecule has 214 valence electrons. The zero-order valence-electron chi connectivity index (χ0n) is 26.0. The molecule has 2 nitrogen and oxygen atoms in total. The third-order valence-corrected chi connectivity index (χ3v) is 9.60. The molecule has 2 heterocycles. The average Bonchev–Trinajstić information content (AvgIpc) is 3.62. The number of rotatable bonds is 3. The minimum atomic E-state index is 0.536. The van der Waals surface area contributed by atoms with Gasteiger partial charge >= 0.3 is 0 Å². The molecule has 0 saturated carbocycles. The molecular formula is C44H28N2. The summed E-state index contributed by atoms with van der Waals surface area (Å²) in [5, 5.41) is 9.65. The Kier molecular flexibility index (Phi) is 5.10. The molecule has 46 heavy (non-hydrogen) atoms. The average molecular weight is 586 g/mol. The highest BCUT2D eigenvalue weighted by atomic mass is 15.0.